The van der Waals surface area contributed by atoms with Crippen molar-refractivity contribution in [3.05, 3.63) is 102 Å². The zero-order chi connectivity index (χ0) is 16.1. The van der Waals surface area contributed by atoms with E-state index in [0.29, 0.717) is 17.2 Å². The van der Waals surface area contributed by atoms with Gasteiger partial charge in [-0.25, -0.2) is 4.79 Å². The van der Waals surface area contributed by atoms with Crippen LogP contribution in [-0.2, 0) is 0 Å². The lowest BCUT2D eigenvalue weighted by atomic mass is 9.93. The van der Waals surface area contributed by atoms with E-state index >= 15 is 0 Å². The largest absolute Gasteiger partial charge is 0.423 e. The monoisotopic (exact) mass is 302 g/mol. The SMILES string of the molecule is C[C@@H](c1ccccc1)c1ccc(OC(=O)c2ccccc2)cc1. The molecule has 2 nitrogen and oxygen atoms in total. The summed E-state index contributed by atoms with van der Waals surface area (Å²) in [7, 11) is 0. The molecule has 0 aliphatic heterocycles. The van der Waals surface area contributed by atoms with Crippen LogP contribution in [0.1, 0.15) is 34.3 Å². The normalized spacial score (nSPS) is 11.7. The average molecular weight is 302 g/mol. The van der Waals surface area contributed by atoms with Crippen LogP contribution in [0.5, 0.6) is 5.75 Å². The molecule has 0 radical (unpaired) electrons. The third-order valence-electron chi connectivity index (χ3n) is 3.90. The zero-order valence-corrected chi connectivity index (χ0v) is 13.0. The molecule has 0 saturated carbocycles. The van der Waals surface area contributed by atoms with Gasteiger partial charge in [0.15, 0.2) is 0 Å². The maximum Gasteiger partial charge on any atom is 0.343 e. The van der Waals surface area contributed by atoms with Crippen LogP contribution in [0, 0.1) is 0 Å². The van der Waals surface area contributed by atoms with Crippen molar-refractivity contribution in [1.29, 1.82) is 0 Å². The van der Waals surface area contributed by atoms with Gasteiger partial charge < -0.3 is 4.74 Å². The van der Waals surface area contributed by atoms with E-state index < -0.39 is 0 Å². The summed E-state index contributed by atoms with van der Waals surface area (Å²) in [6.45, 7) is 2.17. The van der Waals surface area contributed by atoms with Gasteiger partial charge in [0.25, 0.3) is 0 Å². The van der Waals surface area contributed by atoms with Crippen LogP contribution in [0.3, 0.4) is 0 Å². The summed E-state index contributed by atoms with van der Waals surface area (Å²) in [4.78, 5) is 12.0. The molecule has 0 bridgehead atoms. The number of hydrogen-bond acceptors (Lipinski definition) is 2. The van der Waals surface area contributed by atoms with Crippen molar-refractivity contribution in [3.8, 4) is 5.75 Å². The van der Waals surface area contributed by atoms with E-state index in [1.165, 1.54) is 11.1 Å². The van der Waals surface area contributed by atoms with Crippen molar-refractivity contribution in [2.45, 2.75) is 12.8 Å². The Kier molecular flexibility index (Phi) is 4.53. The van der Waals surface area contributed by atoms with Gasteiger partial charge in [0.2, 0.25) is 0 Å². The van der Waals surface area contributed by atoms with E-state index in [-0.39, 0.29) is 5.97 Å². The summed E-state index contributed by atoms with van der Waals surface area (Å²) in [6.07, 6.45) is 0. The molecule has 0 spiro atoms. The van der Waals surface area contributed by atoms with E-state index in [0.717, 1.165) is 0 Å². The Morgan fingerprint density at radius 1 is 0.739 bits per heavy atom. The summed E-state index contributed by atoms with van der Waals surface area (Å²) >= 11 is 0. The minimum Gasteiger partial charge on any atom is -0.423 e. The Morgan fingerprint density at radius 2 is 1.26 bits per heavy atom. The van der Waals surface area contributed by atoms with E-state index in [4.69, 9.17) is 4.74 Å². The first-order chi connectivity index (χ1) is 11.2. The predicted octanol–water partition coefficient (Wildman–Crippen LogP) is 5.06. The third-order valence-corrected chi connectivity index (χ3v) is 3.90. The first kappa shape index (κ1) is 15.0. The summed E-state index contributed by atoms with van der Waals surface area (Å²) < 4.78 is 5.40. The minimum absolute atomic E-state index is 0.301. The smallest absolute Gasteiger partial charge is 0.343 e. The van der Waals surface area contributed by atoms with Gasteiger partial charge in [0.05, 0.1) is 5.56 Å². The van der Waals surface area contributed by atoms with Gasteiger partial charge in [-0.2, -0.15) is 0 Å². The van der Waals surface area contributed by atoms with Crippen LogP contribution in [0.2, 0.25) is 0 Å². The van der Waals surface area contributed by atoms with Gasteiger partial charge in [-0.1, -0.05) is 67.6 Å². The van der Waals surface area contributed by atoms with Crippen LogP contribution in [0.15, 0.2) is 84.9 Å². The molecule has 114 valence electrons. The molecule has 3 aromatic rings. The molecule has 0 saturated heterocycles. The number of ether oxygens (including phenoxy) is 1. The molecule has 3 rings (SSSR count). The Bertz CT molecular complexity index is 762. The van der Waals surface area contributed by atoms with Crippen LogP contribution in [0.25, 0.3) is 0 Å². The van der Waals surface area contributed by atoms with Gasteiger partial charge in [0.1, 0.15) is 5.75 Å². The highest BCUT2D eigenvalue weighted by Crippen LogP contribution is 2.25. The maximum absolute atomic E-state index is 12.0. The number of carbonyl (C=O) groups is 1. The lowest BCUT2D eigenvalue weighted by Gasteiger charge is -2.13. The first-order valence-corrected chi connectivity index (χ1v) is 7.66. The Morgan fingerprint density at radius 3 is 1.87 bits per heavy atom. The summed E-state index contributed by atoms with van der Waals surface area (Å²) in [6, 6.07) is 27.0. The standard InChI is InChI=1S/C21H18O2/c1-16(17-8-4-2-5-9-17)18-12-14-20(15-13-18)23-21(22)19-10-6-3-7-11-19/h2-16H,1H3/t16-/m0/s1. The van der Waals surface area contributed by atoms with Crippen molar-refractivity contribution in [2.24, 2.45) is 0 Å². The fourth-order valence-corrected chi connectivity index (χ4v) is 2.50. The van der Waals surface area contributed by atoms with Crippen molar-refractivity contribution < 1.29 is 9.53 Å². The highest BCUT2D eigenvalue weighted by Gasteiger charge is 2.10. The Hall–Kier alpha value is -2.87. The molecule has 0 aliphatic rings. The lowest BCUT2D eigenvalue weighted by Crippen LogP contribution is -2.08. The molecule has 0 heterocycles. The summed E-state index contributed by atoms with van der Waals surface area (Å²) in [5.74, 6) is 0.521. The van der Waals surface area contributed by atoms with Crippen LogP contribution >= 0.6 is 0 Å². The molecule has 3 aromatic carbocycles. The molecule has 0 aromatic heterocycles. The number of rotatable bonds is 4. The quantitative estimate of drug-likeness (QED) is 0.497. The van der Waals surface area contributed by atoms with E-state index in [9.17, 15) is 4.79 Å². The summed E-state index contributed by atoms with van der Waals surface area (Å²) in [5.41, 5.74) is 3.01. The molecule has 2 heteroatoms. The van der Waals surface area contributed by atoms with Crippen molar-refractivity contribution in [3.63, 3.8) is 0 Å². The lowest BCUT2D eigenvalue weighted by molar-refractivity contribution is 0.0734. The molecule has 1 atom stereocenters. The minimum atomic E-state index is -0.338. The second kappa shape index (κ2) is 6.93. The first-order valence-electron chi connectivity index (χ1n) is 7.66. The molecule has 0 unspecified atom stereocenters. The van der Waals surface area contributed by atoms with Gasteiger partial charge in [-0.15, -0.1) is 0 Å². The van der Waals surface area contributed by atoms with Crippen molar-refractivity contribution >= 4 is 5.97 Å². The van der Waals surface area contributed by atoms with Gasteiger partial charge in [-0.05, 0) is 35.4 Å². The van der Waals surface area contributed by atoms with Crippen LogP contribution in [-0.4, -0.2) is 5.97 Å². The second-order valence-corrected chi connectivity index (χ2v) is 5.46. The topological polar surface area (TPSA) is 26.3 Å². The fourth-order valence-electron chi connectivity index (χ4n) is 2.50. The molecular formula is C21H18O2. The van der Waals surface area contributed by atoms with Gasteiger partial charge in [-0.3, -0.25) is 0 Å². The summed E-state index contributed by atoms with van der Waals surface area (Å²) in [5, 5.41) is 0. The third kappa shape index (κ3) is 3.67. The highest BCUT2D eigenvalue weighted by atomic mass is 16.5. The van der Waals surface area contributed by atoms with Crippen LogP contribution < -0.4 is 4.74 Å². The molecular weight excluding hydrogens is 284 g/mol. The number of hydrogen-bond donors (Lipinski definition) is 0. The van der Waals surface area contributed by atoms with Gasteiger partial charge in [0, 0.05) is 5.92 Å². The Balaban J connectivity index is 1.71. The van der Waals surface area contributed by atoms with Crippen molar-refractivity contribution in [1.82, 2.24) is 0 Å². The molecule has 23 heavy (non-hydrogen) atoms. The van der Waals surface area contributed by atoms with Crippen LogP contribution in [0.4, 0.5) is 0 Å². The molecule has 0 aliphatic carbocycles. The van der Waals surface area contributed by atoms with Gasteiger partial charge >= 0.3 is 5.97 Å². The number of benzene rings is 3. The highest BCUT2D eigenvalue weighted by molar-refractivity contribution is 5.90. The second-order valence-electron chi connectivity index (χ2n) is 5.46. The Labute approximate surface area is 136 Å². The number of carbonyl (C=O) groups excluding carboxylic acids is 1. The fraction of sp³-hybridized carbons (Fsp3) is 0.0952. The molecule has 0 fully saturated rings. The number of esters is 1. The zero-order valence-electron chi connectivity index (χ0n) is 13.0. The van der Waals surface area contributed by atoms with Crippen molar-refractivity contribution in [2.75, 3.05) is 0 Å². The van der Waals surface area contributed by atoms with E-state index in [1.807, 2.05) is 60.7 Å². The predicted molar refractivity (Wildman–Crippen MR) is 91.8 cm³/mol. The average Bonchev–Trinajstić information content (AvgIpc) is 2.63. The molecule has 0 N–H and O–H groups in total. The van der Waals surface area contributed by atoms with E-state index in [1.54, 1.807) is 12.1 Å². The van der Waals surface area contributed by atoms with E-state index in [2.05, 4.69) is 19.1 Å². The molecule has 0 amide bonds. The maximum atomic E-state index is 12.0.